The maximum Gasteiger partial charge on any atom is 0.163 e. The molecular formula is C21H41N3O2. The van der Waals surface area contributed by atoms with E-state index in [9.17, 15) is 0 Å². The highest BCUT2D eigenvalue weighted by Crippen LogP contribution is 2.31. The van der Waals surface area contributed by atoms with Gasteiger partial charge in [0.25, 0.3) is 0 Å². The number of unbranched alkanes of at least 4 members (excludes halogenated alkanes) is 10. The molecule has 26 heavy (non-hydrogen) atoms. The molecule has 1 saturated heterocycles. The molecule has 0 N–H and O–H groups in total. The zero-order valence-corrected chi connectivity index (χ0v) is 17.6. The van der Waals surface area contributed by atoms with E-state index in [1.54, 1.807) is 0 Å². The molecule has 0 amide bonds. The molecule has 1 heterocycles. The Morgan fingerprint density at radius 1 is 0.962 bits per heavy atom. The number of hydrogen-bond acceptors (Lipinski definition) is 3. The van der Waals surface area contributed by atoms with Crippen LogP contribution in [0.3, 0.4) is 0 Å². The van der Waals surface area contributed by atoms with Gasteiger partial charge in [-0.25, -0.2) is 0 Å². The SMILES string of the molecule is CCCCCCCCCCCCC[C@H]1C[C@@H]([C@@H](C)N=[N+]=[N-])OC(C)(C)O1. The molecule has 0 unspecified atom stereocenters. The lowest BCUT2D eigenvalue weighted by Crippen LogP contribution is -2.47. The molecule has 0 bridgehead atoms. The van der Waals surface area contributed by atoms with Crippen LogP contribution in [0.25, 0.3) is 10.4 Å². The Labute approximate surface area is 160 Å². The maximum absolute atomic E-state index is 8.65. The molecule has 0 aliphatic carbocycles. The van der Waals surface area contributed by atoms with Crippen LogP contribution in [-0.2, 0) is 9.47 Å². The van der Waals surface area contributed by atoms with Crippen molar-refractivity contribution in [3.63, 3.8) is 0 Å². The third kappa shape index (κ3) is 10.4. The van der Waals surface area contributed by atoms with E-state index in [0.29, 0.717) is 0 Å². The summed E-state index contributed by atoms with van der Waals surface area (Å²) in [6.45, 7) is 8.10. The summed E-state index contributed by atoms with van der Waals surface area (Å²) in [5, 5.41) is 3.81. The van der Waals surface area contributed by atoms with Gasteiger partial charge < -0.3 is 9.47 Å². The van der Waals surface area contributed by atoms with E-state index >= 15 is 0 Å². The molecule has 1 aliphatic heterocycles. The lowest BCUT2D eigenvalue weighted by Gasteiger charge is -2.42. The third-order valence-electron chi connectivity index (χ3n) is 5.28. The van der Waals surface area contributed by atoms with Gasteiger partial charge in [-0.15, -0.1) is 0 Å². The fourth-order valence-electron chi connectivity index (χ4n) is 3.81. The second-order valence-electron chi connectivity index (χ2n) is 8.30. The molecule has 152 valence electrons. The van der Waals surface area contributed by atoms with Crippen molar-refractivity contribution in [1.29, 1.82) is 0 Å². The van der Waals surface area contributed by atoms with Crippen molar-refractivity contribution in [1.82, 2.24) is 0 Å². The molecule has 0 saturated carbocycles. The van der Waals surface area contributed by atoms with Crippen molar-refractivity contribution in [3.05, 3.63) is 10.4 Å². The van der Waals surface area contributed by atoms with E-state index in [2.05, 4.69) is 16.9 Å². The Balaban J connectivity index is 2.11. The van der Waals surface area contributed by atoms with Crippen molar-refractivity contribution in [2.75, 3.05) is 0 Å². The van der Waals surface area contributed by atoms with E-state index in [-0.39, 0.29) is 18.2 Å². The van der Waals surface area contributed by atoms with E-state index in [4.69, 9.17) is 15.0 Å². The van der Waals surface area contributed by atoms with Crippen LogP contribution >= 0.6 is 0 Å². The fraction of sp³-hybridized carbons (Fsp3) is 1.00. The van der Waals surface area contributed by atoms with Gasteiger partial charge in [-0.1, -0.05) is 89.6 Å². The molecule has 1 aliphatic rings. The molecule has 0 radical (unpaired) electrons. The van der Waals surface area contributed by atoms with Gasteiger partial charge in [0.2, 0.25) is 0 Å². The van der Waals surface area contributed by atoms with Crippen LogP contribution in [0.4, 0.5) is 0 Å². The average Bonchev–Trinajstić information content (AvgIpc) is 2.58. The van der Waals surface area contributed by atoms with Gasteiger partial charge in [-0.2, -0.15) is 0 Å². The second kappa shape index (κ2) is 13.4. The van der Waals surface area contributed by atoms with Gasteiger partial charge in [0.15, 0.2) is 5.79 Å². The minimum absolute atomic E-state index is 0.0487. The van der Waals surface area contributed by atoms with Crippen LogP contribution in [0, 0.1) is 0 Å². The first-order valence-electron chi connectivity index (χ1n) is 10.9. The first kappa shape index (κ1) is 23.3. The Morgan fingerprint density at radius 2 is 1.50 bits per heavy atom. The first-order chi connectivity index (χ1) is 12.5. The van der Waals surface area contributed by atoms with Gasteiger partial charge >= 0.3 is 0 Å². The molecule has 5 heteroatoms. The topological polar surface area (TPSA) is 67.2 Å². The molecule has 1 fully saturated rings. The fourth-order valence-corrected chi connectivity index (χ4v) is 3.81. The van der Waals surface area contributed by atoms with E-state index < -0.39 is 5.79 Å². The predicted molar refractivity (Wildman–Crippen MR) is 108 cm³/mol. The standard InChI is InChI=1S/C21H41N3O2/c1-5-6-7-8-9-10-11-12-13-14-15-16-19-17-20(18(2)23-24-22)26-21(3,4)25-19/h18-20H,5-17H2,1-4H3/t18-,19+,20+/m1/s1. The molecule has 1 rings (SSSR count). The predicted octanol–water partition coefficient (Wildman–Crippen LogP) is 7.30. The Bertz CT molecular complexity index is 408. The summed E-state index contributed by atoms with van der Waals surface area (Å²) in [6.07, 6.45) is 17.0. The van der Waals surface area contributed by atoms with Gasteiger partial charge in [0, 0.05) is 11.3 Å². The molecule has 3 atom stereocenters. The summed E-state index contributed by atoms with van der Waals surface area (Å²) in [7, 11) is 0. The quantitative estimate of drug-likeness (QED) is 0.140. The van der Waals surface area contributed by atoms with Crippen LogP contribution in [0.2, 0.25) is 0 Å². The van der Waals surface area contributed by atoms with Gasteiger partial charge in [-0.3, -0.25) is 0 Å². The van der Waals surface area contributed by atoms with Crippen LogP contribution in [0.5, 0.6) is 0 Å². The van der Waals surface area contributed by atoms with Gasteiger partial charge in [0.05, 0.1) is 18.2 Å². The first-order valence-corrected chi connectivity index (χ1v) is 10.9. The van der Waals surface area contributed by atoms with Crippen molar-refractivity contribution in [2.24, 2.45) is 5.11 Å². The number of ether oxygens (including phenoxy) is 2. The smallest absolute Gasteiger partial charge is 0.163 e. The van der Waals surface area contributed by atoms with E-state index in [0.717, 1.165) is 12.8 Å². The second-order valence-corrected chi connectivity index (χ2v) is 8.30. The summed E-state index contributed by atoms with van der Waals surface area (Å²) in [5.41, 5.74) is 8.65. The highest BCUT2D eigenvalue weighted by Gasteiger charge is 2.37. The molecule has 0 aromatic heterocycles. The Hall–Kier alpha value is -0.770. The van der Waals surface area contributed by atoms with Crippen molar-refractivity contribution in [3.8, 4) is 0 Å². The molecule has 0 aromatic carbocycles. The lowest BCUT2D eigenvalue weighted by atomic mass is 9.98. The highest BCUT2D eigenvalue weighted by atomic mass is 16.7. The maximum atomic E-state index is 8.65. The van der Waals surface area contributed by atoms with Gasteiger partial charge in [0.1, 0.15) is 0 Å². The number of rotatable bonds is 14. The van der Waals surface area contributed by atoms with Crippen LogP contribution in [0.15, 0.2) is 5.11 Å². The van der Waals surface area contributed by atoms with Gasteiger partial charge in [-0.05, 0) is 25.8 Å². The number of azide groups is 1. The normalized spacial score (nSPS) is 23.4. The zero-order chi connectivity index (χ0) is 19.3. The van der Waals surface area contributed by atoms with Crippen molar-refractivity contribution >= 4 is 0 Å². The molecule has 0 aromatic rings. The summed E-state index contributed by atoms with van der Waals surface area (Å²) >= 11 is 0. The molecular weight excluding hydrogens is 326 g/mol. The monoisotopic (exact) mass is 367 g/mol. The summed E-state index contributed by atoms with van der Waals surface area (Å²) < 4.78 is 12.0. The average molecular weight is 368 g/mol. The highest BCUT2D eigenvalue weighted by molar-refractivity contribution is 4.83. The lowest BCUT2D eigenvalue weighted by molar-refractivity contribution is -0.302. The van der Waals surface area contributed by atoms with Crippen molar-refractivity contribution in [2.45, 2.75) is 135 Å². The van der Waals surface area contributed by atoms with Crippen LogP contribution in [-0.4, -0.2) is 24.0 Å². The number of nitrogens with zero attached hydrogens (tertiary/aromatic N) is 3. The van der Waals surface area contributed by atoms with Crippen molar-refractivity contribution < 1.29 is 9.47 Å². The summed E-state index contributed by atoms with van der Waals surface area (Å²) in [6, 6.07) is -0.150. The zero-order valence-electron chi connectivity index (χ0n) is 17.6. The minimum atomic E-state index is -0.593. The number of hydrogen-bond donors (Lipinski definition) is 0. The summed E-state index contributed by atoms with van der Waals surface area (Å²) in [5.74, 6) is -0.593. The Morgan fingerprint density at radius 3 is 2.04 bits per heavy atom. The summed E-state index contributed by atoms with van der Waals surface area (Å²) in [4.78, 5) is 2.92. The third-order valence-corrected chi connectivity index (χ3v) is 5.28. The largest absolute Gasteiger partial charge is 0.347 e. The van der Waals surface area contributed by atoms with Crippen LogP contribution < -0.4 is 0 Å². The minimum Gasteiger partial charge on any atom is -0.347 e. The van der Waals surface area contributed by atoms with E-state index in [1.165, 1.54) is 70.6 Å². The molecule has 0 spiro atoms. The Kier molecular flexibility index (Phi) is 12.0. The molecule has 5 nitrogen and oxygen atoms in total. The van der Waals surface area contributed by atoms with E-state index in [1.807, 2.05) is 20.8 Å². The van der Waals surface area contributed by atoms with Crippen LogP contribution in [0.1, 0.15) is 111 Å².